The predicted molar refractivity (Wildman–Crippen MR) is 132 cm³/mol. The molecule has 8 heteroatoms. The van der Waals surface area contributed by atoms with Crippen LogP contribution in [0.15, 0.2) is 71.3 Å². The van der Waals surface area contributed by atoms with E-state index in [9.17, 15) is 4.79 Å². The van der Waals surface area contributed by atoms with Crippen LogP contribution in [0, 0.1) is 6.92 Å². The number of hydrogen-bond acceptors (Lipinski definition) is 7. The van der Waals surface area contributed by atoms with Crippen LogP contribution >= 0.6 is 0 Å². The second kappa shape index (κ2) is 11.0. The number of carbonyl (C=O) groups excluding carboxylic acids is 1. The predicted octanol–water partition coefficient (Wildman–Crippen LogP) is 4.67. The molecule has 1 amide bonds. The molecule has 0 spiro atoms. The summed E-state index contributed by atoms with van der Waals surface area (Å²) in [6.07, 6.45) is 3.63. The summed E-state index contributed by atoms with van der Waals surface area (Å²) in [7, 11) is 1.64. The smallest absolute Gasteiger partial charge is 0.255 e. The molecule has 0 aliphatic rings. The average Bonchev–Trinajstić information content (AvgIpc) is 3.35. The SMILES string of the molecule is COc1ccc(/C=C\c2nc(-c3ccc(OCC(N)=O)cc3)no2)cc1COc1ccc(C)cc1. The molecule has 0 saturated carbocycles. The Hall–Kier alpha value is -4.59. The fraction of sp³-hybridized carbons (Fsp3) is 0.148. The fourth-order valence-corrected chi connectivity index (χ4v) is 3.25. The van der Waals surface area contributed by atoms with Gasteiger partial charge in [-0.05, 0) is 67.1 Å². The maximum atomic E-state index is 10.8. The summed E-state index contributed by atoms with van der Waals surface area (Å²) in [5.74, 6) is 2.33. The number of carbonyl (C=O) groups is 1. The molecule has 0 atom stereocenters. The lowest BCUT2D eigenvalue weighted by molar-refractivity contribution is -0.119. The van der Waals surface area contributed by atoms with Gasteiger partial charge in [0.2, 0.25) is 5.82 Å². The molecule has 35 heavy (non-hydrogen) atoms. The lowest BCUT2D eigenvalue weighted by atomic mass is 10.1. The van der Waals surface area contributed by atoms with Crippen LogP contribution < -0.4 is 19.9 Å². The van der Waals surface area contributed by atoms with Gasteiger partial charge in [-0.15, -0.1) is 0 Å². The number of aryl methyl sites for hydroxylation is 1. The molecule has 0 unspecified atom stereocenters. The van der Waals surface area contributed by atoms with Gasteiger partial charge < -0.3 is 24.5 Å². The van der Waals surface area contributed by atoms with Crippen LogP contribution in [0.25, 0.3) is 23.5 Å². The van der Waals surface area contributed by atoms with E-state index in [4.69, 9.17) is 24.5 Å². The number of nitrogens with two attached hydrogens (primary N) is 1. The van der Waals surface area contributed by atoms with Crippen LogP contribution in [0.2, 0.25) is 0 Å². The Morgan fingerprint density at radius 1 is 0.971 bits per heavy atom. The highest BCUT2D eigenvalue weighted by Crippen LogP contribution is 2.24. The first-order valence-electron chi connectivity index (χ1n) is 10.9. The van der Waals surface area contributed by atoms with Gasteiger partial charge in [0, 0.05) is 17.2 Å². The highest BCUT2D eigenvalue weighted by molar-refractivity contribution is 5.75. The van der Waals surface area contributed by atoms with Crippen molar-refractivity contribution in [3.05, 3.63) is 89.3 Å². The van der Waals surface area contributed by atoms with Crippen LogP contribution in [0.3, 0.4) is 0 Å². The van der Waals surface area contributed by atoms with Gasteiger partial charge in [0.05, 0.1) is 7.11 Å². The minimum atomic E-state index is -0.536. The zero-order chi connectivity index (χ0) is 24.6. The van der Waals surface area contributed by atoms with Crippen molar-refractivity contribution in [2.45, 2.75) is 13.5 Å². The molecule has 8 nitrogen and oxygen atoms in total. The Balaban J connectivity index is 1.42. The van der Waals surface area contributed by atoms with E-state index in [-0.39, 0.29) is 6.61 Å². The van der Waals surface area contributed by atoms with E-state index in [1.807, 2.05) is 55.5 Å². The molecular weight excluding hydrogens is 446 g/mol. The summed E-state index contributed by atoms with van der Waals surface area (Å²) < 4.78 is 22.0. The van der Waals surface area contributed by atoms with Gasteiger partial charge in [-0.1, -0.05) is 28.9 Å². The van der Waals surface area contributed by atoms with Crippen molar-refractivity contribution in [2.75, 3.05) is 13.7 Å². The minimum Gasteiger partial charge on any atom is -0.496 e. The monoisotopic (exact) mass is 471 g/mol. The molecule has 0 aliphatic heterocycles. The van der Waals surface area contributed by atoms with E-state index < -0.39 is 5.91 Å². The summed E-state index contributed by atoms with van der Waals surface area (Å²) in [6.45, 7) is 2.23. The second-order valence-electron chi connectivity index (χ2n) is 7.74. The first-order valence-corrected chi connectivity index (χ1v) is 10.9. The summed E-state index contributed by atoms with van der Waals surface area (Å²) >= 11 is 0. The van der Waals surface area contributed by atoms with E-state index in [2.05, 4.69) is 10.1 Å². The van der Waals surface area contributed by atoms with Crippen molar-refractivity contribution in [1.82, 2.24) is 10.1 Å². The molecular formula is C27H25N3O5. The number of methoxy groups -OCH3 is 1. The van der Waals surface area contributed by atoms with Gasteiger partial charge in [0.25, 0.3) is 11.8 Å². The Morgan fingerprint density at radius 2 is 1.69 bits per heavy atom. The van der Waals surface area contributed by atoms with E-state index in [0.29, 0.717) is 24.1 Å². The molecule has 0 aliphatic carbocycles. The minimum absolute atomic E-state index is 0.179. The number of amides is 1. The second-order valence-corrected chi connectivity index (χ2v) is 7.74. The van der Waals surface area contributed by atoms with Gasteiger partial charge in [-0.3, -0.25) is 4.79 Å². The van der Waals surface area contributed by atoms with Gasteiger partial charge in [0.15, 0.2) is 6.61 Å². The van der Waals surface area contributed by atoms with Crippen LogP contribution in [0.1, 0.15) is 22.6 Å². The largest absolute Gasteiger partial charge is 0.496 e. The maximum Gasteiger partial charge on any atom is 0.255 e. The fourth-order valence-electron chi connectivity index (χ4n) is 3.25. The first kappa shape index (κ1) is 23.6. The number of benzene rings is 3. The molecule has 4 aromatic rings. The number of nitrogens with zero attached hydrogens (tertiary/aromatic N) is 2. The van der Waals surface area contributed by atoms with E-state index >= 15 is 0 Å². The number of hydrogen-bond donors (Lipinski definition) is 1. The number of primary amides is 1. The molecule has 3 aromatic carbocycles. The lowest BCUT2D eigenvalue weighted by Gasteiger charge is -2.11. The standard InChI is InChI=1S/C27H25N3O5/c1-18-3-9-22(10-4-18)33-16-21-15-19(5-13-24(21)32-2)6-14-26-29-27(30-35-26)20-7-11-23(12-8-20)34-17-25(28)31/h3-15H,16-17H2,1-2H3,(H2,28,31)/b14-6-. The molecule has 4 rings (SSSR count). The summed E-state index contributed by atoms with van der Waals surface area (Å²) in [4.78, 5) is 15.2. The van der Waals surface area contributed by atoms with Crippen molar-refractivity contribution in [3.8, 4) is 28.6 Å². The Morgan fingerprint density at radius 3 is 2.40 bits per heavy atom. The van der Waals surface area contributed by atoms with Crippen LogP contribution in [0.4, 0.5) is 0 Å². The highest BCUT2D eigenvalue weighted by atomic mass is 16.5. The summed E-state index contributed by atoms with van der Waals surface area (Å²) in [6, 6.07) is 20.7. The van der Waals surface area contributed by atoms with Crippen molar-refractivity contribution in [1.29, 1.82) is 0 Å². The molecule has 0 radical (unpaired) electrons. The van der Waals surface area contributed by atoms with Crippen molar-refractivity contribution >= 4 is 18.1 Å². The average molecular weight is 472 g/mol. The Kier molecular flexibility index (Phi) is 7.42. The van der Waals surface area contributed by atoms with Crippen molar-refractivity contribution in [3.63, 3.8) is 0 Å². The van der Waals surface area contributed by atoms with E-state index in [1.165, 1.54) is 5.56 Å². The van der Waals surface area contributed by atoms with Gasteiger partial charge in [-0.2, -0.15) is 4.98 Å². The van der Waals surface area contributed by atoms with Gasteiger partial charge in [0.1, 0.15) is 23.9 Å². The number of aromatic nitrogens is 2. The summed E-state index contributed by atoms with van der Waals surface area (Å²) in [5, 5.41) is 4.02. The zero-order valence-electron chi connectivity index (χ0n) is 19.4. The number of ether oxygens (including phenoxy) is 3. The third-order valence-electron chi connectivity index (χ3n) is 5.07. The van der Waals surface area contributed by atoms with Crippen molar-refractivity contribution in [2.24, 2.45) is 5.73 Å². The Labute approximate surface area is 202 Å². The first-order chi connectivity index (χ1) is 17.0. The van der Waals surface area contributed by atoms with Crippen molar-refractivity contribution < 1.29 is 23.5 Å². The third kappa shape index (κ3) is 6.48. The van der Waals surface area contributed by atoms with E-state index in [1.54, 1.807) is 37.5 Å². The normalized spacial score (nSPS) is 10.9. The molecule has 178 valence electrons. The molecule has 1 aromatic heterocycles. The molecule has 0 saturated heterocycles. The molecule has 1 heterocycles. The molecule has 2 N–H and O–H groups in total. The topological polar surface area (TPSA) is 110 Å². The van der Waals surface area contributed by atoms with Gasteiger partial charge in [-0.25, -0.2) is 0 Å². The Bertz CT molecular complexity index is 1310. The third-order valence-corrected chi connectivity index (χ3v) is 5.07. The molecule has 0 bridgehead atoms. The van der Waals surface area contributed by atoms with E-state index in [0.717, 1.165) is 28.2 Å². The highest BCUT2D eigenvalue weighted by Gasteiger charge is 2.09. The van der Waals surface area contributed by atoms with Crippen LogP contribution in [-0.4, -0.2) is 29.8 Å². The summed E-state index contributed by atoms with van der Waals surface area (Å²) in [5.41, 5.74) is 8.86. The van der Waals surface area contributed by atoms with Crippen LogP contribution in [-0.2, 0) is 11.4 Å². The van der Waals surface area contributed by atoms with Gasteiger partial charge >= 0.3 is 0 Å². The number of rotatable bonds is 10. The van der Waals surface area contributed by atoms with Crippen LogP contribution in [0.5, 0.6) is 17.2 Å². The zero-order valence-corrected chi connectivity index (χ0v) is 19.4. The quantitative estimate of drug-likeness (QED) is 0.358. The molecule has 0 fully saturated rings. The maximum absolute atomic E-state index is 10.8. The lowest BCUT2D eigenvalue weighted by Crippen LogP contribution is -2.19.